The third-order valence-electron chi connectivity index (χ3n) is 9.93. The fourth-order valence-corrected chi connectivity index (χ4v) is 8.56. The molecule has 7 nitrogen and oxygen atoms in total. The lowest BCUT2D eigenvalue weighted by molar-refractivity contribution is -0.127. The fourth-order valence-electron chi connectivity index (χ4n) is 8.56. The molecule has 2 aromatic rings. The molecule has 2 unspecified atom stereocenters. The van der Waals surface area contributed by atoms with Gasteiger partial charge in [0.15, 0.2) is 0 Å². The molecule has 7 rings (SSSR count). The number of aromatic nitrogens is 2. The first-order valence-electron chi connectivity index (χ1n) is 14.4. The summed E-state index contributed by atoms with van der Waals surface area (Å²) in [5.41, 5.74) is 1.73. The molecule has 0 radical (unpaired) electrons. The molecule has 0 spiro atoms. The second kappa shape index (κ2) is 9.19. The zero-order valence-corrected chi connectivity index (χ0v) is 21.4. The third kappa shape index (κ3) is 4.06. The van der Waals surface area contributed by atoms with Gasteiger partial charge in [-0.3, -0.25) is 24.6 Å². The lowest BCUT2D eigenvalue weighted by Gasteiger charge is -2.55. The average molecular weight is 501 g/mol. The van der Waals surface area contributed by atoms with E-state index in [1.54, 1.807) is 6.08 Å². The molecule has 1 N–H and O–H groups in total. The molecule has 2 amide bonds. The number of hydrogen-bond acceptors (Lipinski definition) is 5. The van der Waals surface area contributed by atoms with Crippen molar-refractivity contribution in [1.82, 2.24) is 19.8 Å². The van der Waals surface area contributed by atoms with Crippen LogP contribution in [0.25, 0.3) is 16.6 Å². The van der Waals surface area contributed by atoms with Gasteiger partial charge in [0.05, 0.1) is 16.6 Å². The molecule has 6 atom stereocenters. The van der Waals surface area contributed by atoms with Crippen molar-refractivity contribution in [1.29, 1.82) is 0 Å². The summed E-state index contributed by atoms with van der Waals surface area (Å²) in [6, 6.07) is 9.59. The first-order chi connectivity index (χ1) is 18.0. The average Bonchev–Trinajstić information content (AvgIpc) is 2.88. The van der Waals surface area contributed by atoms with Crippen LogP contribution in [0, 0.1) is 11.8 Å². The summed E-state index contributed by atoms with van der Waals surface area (Å²) in [4.78, 5) is 45.9. The Morgan fingerprint density at radius 1 is 0.784 bits per heavy atom. The molecular formula is C30H36N4O3. The molecule has 194 valence electrons. The van der Waals surface area contributed by atoms with E-state index in [4.69, 9.17) is 0 Å². The second-order valence-corrected chi connectivity index (χ2v) is 12.2. The number of nitrogens with zero attached hydrogens (tertiary/aromatic N) is 3. The maximum Gasteiger partial charge on any atom is 0.278 e. The Bertz CT molecular complexity index is 1320. The van der Waals surface area contributed by atoms with Crippen molar-refractivity contribution in [2.24, 2.45) is 11.8 Å². The zero-order chi connectivity index (χ0) is 25.1. The summed E-state index contributed by atoms with van der Waals surface area (Å²) in [7, 11) is 0. The van der Waals surface area contributed by atoms with Crippen LogP contribution in [0.2, 0.25) is 0 Å². The predicted octanol–water partition coefficient (Wildman–Crippen LogP) is 4.35. The Morgan fingerprint density at radius 3 is 2.22 bits per heavy atom. The molecule has 7 heteroatoms. The molecule has 4 bridgehead atoms. The molecule has 1 aromatic carbocycles. The number of hydrogen-bond donors (Lipinski definition) is 1. The van der Waals surface area contributed by atoms with Gasteiger partial charge in [-0.25, -0.2) is 4.98 Å². The van der Waals surface area contributed by atoms with Crippen LogP contribution in [0.4, 0.5) is 0 Å². The van der Waals surface area contributed by atoms with Gasteiger partial charge >= 0.3 is 0 Å². The summed E-state index contributed by atoms with van der Waals surface area (Å²) in [5, 5.41) is 2.35. The summed E-state index contributed by atoms with van der Waals surface area (Å²) in [5.74, 6) is 0.943. The highest BCUT2D eigenvalue weighted by Crippen LogP contribution is 2.47. The Hall–Kier alpha value is -2.80. The maximum absolute atomic E-state index is 14.0. The van der Waals surface area contributed by atoms with Gasteiger partial charge in [-0.15, -0.1) is 0 Å². The Morgan fingerprint density at radius 2 is 1.49 bits per heavy atom. The van der Waals surface area contributed by atoms with E-state index in [-0.39, 0.29) is 35.2 Å². The monoisotopic (exact) mass is 500 g/mol. The Balaban J connectivity index is 1.25. The first kappa shape index (κ1) is 23.3. The molecule has 2 saturated carbocycles. The van der Waals surface area contributed by atoms with E-state index in [9.17, 15) is 14.4 Å². The van der Waals surface area contributed by atoms with E-state index in [1.165, 1.54) is 57.8 Å². The maximum atomic E-state index is 14.0. The van der Waals surface area contributed by atoms with Gasteiger partial charge in [-0.2, -0.15) is 0 Å². The van der Waals surface area contributed by atoms with Crippen LogP contribution in [0.5, 0.6) is 0 Å². The van der Waals surface area contributed by atoms with E-state index in [1.807, 2.05) is 28.8 Å². The van der Waals surface area contributed by atoms with Crippen molar-refractivity contribution in [2.75, 3.05) is 0 Å². The Labute approximate surface area is 217 Å². The molecule has 4 fully saturated rings. The van der Waals surface area contributed by atoms with Crippen molar-refractivity contribution in [2.45, 2.75) is 101 Å². The molecule has 3 aliphatic heterocycles. The summed E-state index contributed by atoms with van der Waals surface area (Å²) in [6.07, 6.45) is 15.7. The summed E-state index contributed by atoms with van der Waals surface area (Å²) in [6.45, 7) is 0. The number of para-hydroxylation sites is 2. The standard InChI is InChI=1S/C30H36N4O3/c35-27-12-11-24(29(36)32-27)28-30(37)34(26-10-2-1-9-25(26)31-28)23-16-20-7-4-8-21(17-23)33(20)22-14-18-5-3-6-19(13-18)15-22/h1-2,9-11,18-23H,3-8,12-17H2,(H,32,35,36)/t18-,19+,20-,21+,22?,23?. The van der Waals surface area contributed by atoms with Crippen LogP contribution in [-0.4, -0.2) is 44.4 Å². The molecule has 5 aliphatic rings. The van der Waals surface area contributed by atoms with Gasteiger partial charge in [-0.1, -0.05) is 43.9 Å². The molecule has 2 saturated heterocycles. The highest BCUT2D eigenvalue weighted by molar-refractivity contribution is 6.25. The number of fused-ring (bicyclic) bond motifs is 5. The van der Waals surface area contributed by atoms with Crippen LogP contribution >= 0.6 is 0 Å². The number of imide groups is 1. The van der Waals surface area contributed by atoms with Crippen LogP contribution in [0.15, 0.2) is 35.1 Å². The van der Waals surface area contributed by atoms with E-state index in [0.717, 1.165) is 35.7 Å². The smallest absolute Gasteiger partial charge is 0.278 e. The number of benzene rings is 1. The van der Waals surface area contributed by atoms with Crippen LogP contribution in [0.3, 0.4) is 0 Å². The van der Waals surface area contributed by atoms with Crippen LogP contribution < -0.4 is 10.9 Å². The molecular weight excluding hydrogens is 464 g/mol. The summed E-state index contributed by atoms with van der Waals surface area (Å²) < 4.78 is 1.94. The first-order valence-corrected chi connectivity index (χ1v) is 14.4. The minimum Gasteiger partial charge on any atom is -0.302 e. The van der Waals surface area contributed by atoms with Crippen molar-refractivity contribution < 1.29 is 9.59 Å². The molecule has 37 heavy (non-hydrogen) atoms. The fraction of sp³-hybridized carbons (Fsp3) is 0.600. The van der Waals surface area contributed by atoms with Crippen molar-refractivity contribution in [3.8, 4) is 0 Å². The second-order valence-electron chi connectivity index (χ2n) is 12.2. The van der Waals surface area contributed by atoms with Crippen LogP contribution in [0.1, 0.15) is 88.8 Å². The van der Waals surface area contributed by atoms with Crippen molar-refractivity contribution in [3.05, 3.63) is 46.4 Å². The summed E-state index contributed by atoms with van der Waals surface area (Å²) >= 11 is 0. The predicted molar refractivity (Wildman–Crippen MR) is 142 cm³/mol. The van der Waals surface area contributed by atoms with Gasteiger partial charge in [0.25, 0.3) is 11.5 Å². The number of rotatable bonds is 3. The lowest BCUT2D eigenvalue weighted by Crippen LogP contribution is -2.58. The minimum absolute atomic E-state index is 0.0843. The van der Waals surface area contributed by atoms with E-state index in [0.29, 0.717) is 18.1 Å². The highest BCUT2D eigenvalue weighted by Gasteiger charge is 2.45. The number of nitrogens with one attached hydrogen (secondary N) is 1. The SMILES string of the molecule is O=C1CC=C(c2nc3ccccc3n(C3C[C@H]4CCC[C@@H](C3)N4C3C[C@H]4CCC[C@@H](C3)C4)c2=O)C(=O)N1. The molecule has 1 aromatic heterocycles. The third-order valence-corrected chi connectivity index (χ3v) is 9.93. The highest BCUT2D eigenvalue weighted by atomic mass is 16.2. The number of carbonyl (C=O) groups excluding carboxylic acids is 2. The Kier molecular flexibility index (Phi) is 5.79. The van der Waals surface area contributed by atoms with E-state index >= 15 is 0 Å². The number of carbonyl (C=O) groups is 2. The van der Waals surface area contributed by atoms with Gasteiger partial charge in [0.1, 0.15) is 5.69 Å². The van der Waals surface area contributed by atoms with Gasteiger partial charge in [0.2, 0.25) is 5.91 Å². The minimum atomic E-state index is -0.530. The van der Waals surface area contributed by atoms with Crippen LogP contribution in [-0.2, 0) is 9.59 Å². The van der Waals surface area contributed by atoms with Crippen molar-refractivity contribution >= 4 is 28.4 Å². The topological polar surface area (TPSA) is 84.3 Å². The lowest BCUT2D eigenvalue weighted by atomic mass is 9.68. The largest absolute Gasteiger partial charge is 0.302 e. The molecule has 4 heterocycles. The van der Waals surface area contributed by atoms with Gasteiger partial charge < -0.3 is 4.57 Å². The quantitative estimate of drug-likeness (QED) is 0.634. The number of amides is 2. The van der Waals surface area contributed by atoms with E-state index in [2.05, 4.69) is 15.2 Å². The van der Waals surface area contributed by atoms with Gasteiger partial charge in [-0.05, 0) is 68.9 Å². The molecule has 2 aliphatic carbocycles. The van der Waals surface area contributed by atoms with E-state index < -0.39 is 5.91 Å². The zero-order valence-electron chi connectivity index (χ0n) is 21.4. The number of piperidine rings is 2. The van der Waals surface area contributed by atoms with Crippen molar-refractivity contribution in [3.63, 3.8) is 0 Å². The van der Waals surface area contributed by atoms with Gasteiger partial charge in [0, 0.05) is 30.6 Å². The normalized spacial score (nSPS) is 34.2.